The van der Waals surface area contributed by atoms with E-state index in [1.807, 2.05) is 0 Å². The van der Waals surface area contributed by atoms with Gasteiger partial charge in [-0.3, -0.25) is 4.90 Å². The van der Waals surface area contributed by atoms with Gasteiger partial charge in [0.25, 0.3) is 0 Å². The minimum absolute atomic E-state index is 0.196. The summed E-state index contributed by atoms with van der Waals surface area (Å²) in [6, 6.07) is 0. The maximum Gasteiger partial charge on any atom is 0.0793 e. The van der Waals surface area contributed by atoms with E-state index in [1.54, 1.807) is 0 Å². The van der Waals surface area contributed by atoms with Crippen LogP contribution in [0, 0.1) is 5.92 Å². The van der Waals surface area contributed by atoms with E-state index in [0.717, 1.165) is 45.2 Å². The van der Waals surface area contributed by atoms with Crippen molar-refractivity contribution in [3.8, 4) is 0 Å². The summed E-state index contributed by atoms with van der Waals surface area (Å²) >= 11 is 0. The van der Waals surface area contributed by atoms with Crippen LogP contribution in [0.5, 0.6) is 0 Å². The van der Waals surface area contributed by atoms with Gasteiger partial charge in [-0.1, -0.05) is 6.42 Å². The number of nitrogens with zero attached hydrogens (tertiary/aromatic N) is 3. The molecule has 0 radical (unpaired) electrons. The topological polar surface area (TPSA) is 30.0 Å². The molecular formula is C14H29N3O. The van der Waals surface area contributed by atoms with Crippen LogP contribution in [0.25, 0.3) is 0 Å². The van der Waals surface area contributed by atoms with E-state index >= 15 is 0 Å². The molecule has 1 N–H and O–H groups in total. The maximum absolute atomic E-state index is 10.1. The number of piperazine rings is 1. The van der Waals surface area contributed by atoms with Gasteiger partial charge in [-0.25, -0.2) is 0 Å². The molecule has 0 bridgehead atoms. The van der Waals surface area contributed by atoms with Crippen molar-refractivity contribution < 1.29 is 5.11 Å². The Bertz CT molecular complexity index is 237. The molecule has 1 aliphatic carbocycles. The van der Waals surface area contributed by atoms with Crippen molar-refractivity contribution in [1.29, 1.82) is 0 Å². The van der Waals surface area contributed by atoms with Gasteiger partial charge in [-0.2, -0.15) is 0 Å². The average Bonchev–Trinajstić information content (AvgIpc) is 2.27. The predicted molar refractivity (Wildman–Crippen MR) is 74.8 cm³/mol. The number of aliphatic hydroxyl groups excluding tert-OH is 1. The van der Waals surface area contributed by atoms with Crippen molar-refractivity contribution in [1.82, 2.24) is 14.7 Å². The summed E-state index contributed by atoms with van der Waals surface area (Å²) in [7, 11) is 4.31. The smallest absolute Gasteiger partial charge is 0.0793 e. The van der Waals surface area contributed by atoms with E-state index in [9.17, 15) is 5.11 Å². The summed E-state index contributed by atoms with van der Waals surface area (Å²) in [6.07, 6.45) is 3.98. The van der Waals surface area contributed by atoms with Gasteiger partial charge < -0.3 is 14.9 Å². The van der Waals surface area contributed by atoms with E-state index in [4.69, 9.17) is 0 Å². The number of aliphatic hydroxyl groups is 1. The van der Waals surface area contributed by atoms with E-state index in [-0.39, 0.29) is 6.10 Å². The van der Waals surface area contributed by atoms with Crippen LogP contribution in [0.3, 0.4) is 0 Å². The Morgan fingerprint density at radius 1 is 1.22 bits per heavy atom. The van der Waals surface area contributed by atoms with Gasteiger partial charge in [0.1, 0.15) is 0 Å². The van der Waals surface area contributed by atoms with Gasteiger partial charge in [0.2, 0.25) is 0 Å². The summed E-state index contributed by atoms with van der Waals surface area (Å²) < 4.78 is 0. The normalized spacial score (nSPS) is 25.3. The van der Waals surface area contributed by atoms with Gasteiger partial charge in [0.15, 0.2) is 0 Å². The lowest BCUT2D eigenvalue weighted by atomic mass is 9.85. The van der Waals surface area contributed by atoms with E-state index in [1.165, 1.54) is 25.8 Å². The zero-order valence-electron chi connectivity index (χ0n) is 12.0. The molecule has 0 amide bonds. The van der Waals surface area contributed by atoms with E-state index < -0.39 is 0 Å². The third-order valence-corrected chi connectivity index (χ3v) is 4.38. The van der Waals surface area contributed by atoms with E-state index in [0.29, 0.717) is 0 Å². The molecule has 1 unspecified atom stereocenters. The van der Waals surface area contributed by atoms with Crippen molar-refractivity contribution in [2.24, 2.45) is 5.92 Å². The van der Waals surface area contributed by atoms with Crippen molar-refractivity contribution in [2.45, 2.75) is 25.4 Å². The number of rotatable bonds is 6. The molecule has 1 atom stereocenters. The molecule has 1 heterocycles. The highest BCUT2D eigenvalue weighted by Crippen LogP contribution is 2.26. The highest BCUT2D eigenvalue weighted by molar-refractivity contribution is 4.76. The fourth-order valence-electron chi connectivity index (χ4n) is 2.94. The van der Waals surface area contributed by atoms with Crippen molar-refractivity contribution in [2.75, 3.05) is 59.9 Å². The van der Waals surface area contributed by atoms with Crippen LogP contribution < -0.4 is 0 Å². The molecule has 18 heavy (non-hydrogen) atoms. The maximum atomic E-state index is 10.1. The minimum Gasteiger partial charge on any atom is -0.390 e. The summed E-state index contributed by atoms with van der Waals surface area (Å²) in [5.41, 5.74) is 0. The molecule has 0 spiro atoms. The van der Waals surface area contributed by atoms with Crippen molar-refractivity contribution in [3.63, 3.8) is 0 Å². The molecule has 4 nitrogen and oxygen atoms in total. The van der Waals surface area contributed by atoms with Crippen LogP contribution >= 0.6 is 0 Å². The van der Waals surface area contributed by atoms with Crippen LogP contribution in [0.2, 0.25) is 0 Å². The summed E-state index contributed by atoms with van der Waals surface area (Å²) in [6.45, 7) is 7.28. The third-order valence-electron chi connectivity index (χ3n) is 4.38. The van der Waals surface area contributed by atoms with Crippen LogP contribution in [-0.2, 0) is 0 Å². The summed E-state index contributed by atoms with van der Waals surface area (Å²) in [5, 5.41) is 10.1. The first kappa shape index (κ1) is 14.3. The molecule has 0 aromatic carbocycles. The highest BCUT2D eigenvalue weighted by atomic mass is 16.3. The van der Waals surface area contributed by atoms with Crippen LogP contribution in [0.15, 0.2) is 0 Å². The molecule has 1 saturated carbocycles. The quantitative estimate of drug-likeness (QED) is 0.741. The molecule has 2 fully saturated rings. The van der Waals surface area contributed by atoms with Gasteiger partial charge in [0, 0.05) is 45.8 Å². The molecule has 0 aromatic rings. The third kappa shape index (κ3) is 4.50. The molecular weight excluding hydrogens is 226 g/mol. The molecule has 2 aliphatic rings. The van der Waals surface area contributed by atoms with Gasteiger partial charge in [-0.05, 0) is 32.9 Å². The second-order valence-corrected chi connectivity index (χ2v) is 6.28. The first-order chi connectivity index (χ1) is 8.63. The molecule has 4 heteroatoms. The van der Waals surface area contributed by atoms with Gasteiger partial charge in [-0.15, -0.1) is 0 Å². The first-order valence-electron chi connectivity index (χ1n) is 7.41. The standard InChI is InChI=1S/C14H29N3O/c1-15-6-8-17(9-7-15)12-14(18)11-16(2)10-13-4-3-5-13/h13-14,18H,3-12H2,1-2H3. The van der Waals surface area contributed by atoms with Gasteiger partial charge in [0.05, 0.1) is 6.10 Å². The monoisotopic (exact) mass is 255 g/mol. The Hall–Kier alpha value is -0.160. The zero-order valence-corrected chi connectivity index (χ0v) is 12.0. The summed E-state index contributed by atoms with van der Waals surface area (Å²) in [5.74, 6) is 0.894. The first-order valence-corrected chi connectivity index (χ1v) is 7.41. The Labute approximate surface area is 112 Å². The predicted octanol–water partition coefficient (Wildman–Crippen LogP) is 0.327. The number of hydrogen-bond donors (Lipinski definition) is 1. The molecule has 106 valence electrons. The van der Waals surface area contributed by atoms with Crippen LogP contribution in [0.1, 0.15) is 19.3 Å². The minimum atomic E-state index is -0.196. The van der Waals surface area contributed by atoms with Crippen LogP contribution in [0.4, 0.5) is 0 Å². The number of likely N-dealkylation sites (N-methyl/N-ethyl adjacent to an activating group) is 2. The van der Waals surface area contributed by atoms with Gasteiger partial charge >= 0.3 is 0 Å². The molecule has 2 rings (SSSR count). The molecule has 0 aromatic heterocycles. The highest BCUT2D eigenvalue weighted by Gasteiger charge is 2.21. The van der Waals surface area contributed by atoms with Crippen molar-refractivity contribution in [3.05, 3.63) is 0 Å². The van der Waals surface area contributed by atoms with Crippen molar-refractivity contribution >= 4 is 0 Å². The second-order valence-electron chi connectivity index (χ2n) is 6.28. The average molecular weight is 255 g/mol. The summed E-state index contributed by atoms with van der Waals surface area (Å²) in [4.78, 5) is 7.05. The fraction of sp³-hybridized carbons (Fsp3) is 1.00. The number of β-amino-alcohol motifs (C(OH)–C–C–N with tert-alkyl or cyclic N) is 1. The largest absolute Gasteiger partial charge is 0.390 e. The lowest BCUT2D eigenvalue weighted by molar-refractivity contribution is 0.0542. The fourth-order valence-corrected chi connectivity index (χ4v) is 2.94. The Kier molecular flexibility index (Phi) is 5.42. The Balaban J connectivity index is 1.60. The SMILES string of the molecule is CN1CCN(CC(O)CN(C)CC2CCC2)CC1. The molecule has 1 aliphatic heterocycles. The zero-order chi connectivity index (χ0) is 13.0. The Morgan fingerprint density at radius 3 is 2.44 bits per heavy atom. The number of hydrogen-bond acceptors (Lipinski definition) is 4. The van der Waals surface area contributed by atoms with E-state index in [2.05, 4.69) is 28.8 Å². The molecule has 1 saturated heterocycles. The van der Waals surface area contributed by atoms with Crippen LogP contribution in [-0.4, -0.2) is 85.8 Å². The lowest BCUT2D eigenvalue weighted by Gasteiger charge is -2.35. The second kappa shape index (κ2) is 6.85. The Morgan fingerprint density at radius 2 is 1.89 bits per heavy atom. The lowest BCUT2D eigenvalue weighted by Crippen LogP contribution is -2.48.